The molecule has 2 aromatic heterocycles. The number of alkyl halides is 2. The van der Waals surface area contributed by atoms with Crippen LogP contribution in [0.3, 0.4) is 0 Å². The minimum atomic E-state index is -3.01. The number of aromatic nitrogens is 7. The quantitative estimate of drug-likeness (QED) is 0.447. The Balaban J connectivity index is 1.59. The summed E-state index contributed by atoms with van der Waals surface area (Å²) in [7, 11) is 0. The van der Waals surface area contributed by atoms with Gasteiger partial charge in [0.2, 0.25) is 11.6 Å². The van der Waals surface area contributed by atoms with Crippen LogP contribution < -0.4 is 0 Å². The van der Waals surface area contributed by atoms with Gasteiger partial charge in [-0.2, -0.15) is 14.0 Å². The zero-order valence-electron chi connectivity index (χ0n) is 17.4. The van der Waals surface area contributed by atoms with Crippen molar-refractivity contribution in [2.75, 3.05) is 0 Å². The molecule has 0 saturated carbocycles. The summed E-state index contributed by atoms with van der Waals surface area (Å²) in [6.45, 7) is 4.09. The van der Waals surface area contributed by atoms with E-state index in [1.807, 2.05) is 55.5 Å². The van der Waals surface area contributed by atoms with Crippen molar-refractivity contribution in [1.82, 2.24) is 35.4 Å². The first-order chi connectivity index (χ1) is 15.0. The molecule has 7 nitrogen and oxygen atoms in total. The maximum absolute atomic E-state index is 14.3. The van der Waals surface area contributed by atoms with Crippen molar-refractivity contribution in [2.45, 2.75) is 45.6 Å². The normalized spacial score (nSPS) is 11.7. The van der Waals surface area contributed by atoms with Gasteiger partial charge in [0, 0.05) is 24.9 Å². The molecule has 160 valence electrons. The summed E-state index contributed by atoms with van der Waals surface area (Å²) >= 11 is 0. The average molecular weight is 423 g/mol. The molecule has 0 fully saturated rings. The van der Waals surface area contributed by atoms with Crippen LogP contribution in [-0.4, -0.2) is 35.4 Å². The van der Waals surface area contributed by atoms with Crippen LogP contribution in [0.15, 0.2) is 48.5 Å². The van der Waals surface area contributed by atoms with Crippen LogP contribution in [-0.2, 0) is 18.9 Å². The van der Waals surface area contributed by atoms with Gasteiger partial charge in [0.1, 0.15) is 5.82 Å². The van der Waals surface area contributed by atoms with E-state index in [1.54, 1.807) is 11.6 Å². The van der Waals surface area contributed by atoms with Crippen LogP contribution in [0.4, 0.5) is 8.78 Å². The van der Waals surface area contributed by atoms with Crippen LogP contribution in [0.1, 0.15) is 43.9 Å². The van der Waals surface area contributed by atoms with Crippen LogP contribution in [0.5, 0.6) is 0 Å². The van der Waals surface area contributed by atoms with Crippen molar-refractivity contribution in [3.05, 3.63) is 65.7 Å². The van der Waals surface area contributed by atoms with Gasteiger partial charge in [-0.05, 0) is 35.2 Å². The zero-order chi connectivity index (χ0) is 21.8. The van der Waals surface area contributed by atoms with E-state index in [0.29, 0.717) is 31.0 Å². The topological polar surface area (TPSA) is 85.2 Å². The van der Waals surface area contributed by atoms with Gasteiger partial charge in [0.25, 0.3) is 0 Å². The summed E-state index contributed by atoms with van der Waals surface area (Å²) in [5.74, 6) is -2.34. The van der Waals surface area contributed by atoms with Crippen molar-refractivity contribution in [3.8, 4) is 22.5 Å². The molecule has 0 spiro atoms. The highest BCUT2D eigenvalue weighted by molar-refractivity contribution is 5.80. The Morgan fingerprint density at radius 2 is 1.74 bits per heavy atom. The Kier molecular flexibility index (Phi) is 5.83. The molecule has 31 heavy (non-hydrogen) atoms. The van der Waals surface area contributed by atoms with Gasteiger partial charge in [-0.1, -0.05) is 55.5 Å². The highest BCUT2D eigenvalue weighted by atomic mass is 19.3. The van der Waals surface area contributed by atoms with Crippen molar-refractivity contribution in [2.24, 2.45) is 0 Å². The number of rotatable bonds is 8. The van der Waals surface area contributed by atoms with E-state index in [-0.39, 0.29) is 6.42 Å². The highest BCUT2D eigenvalue weighted by Crippen LogP contribution is 2.32. The van der Waals surface area contributed by atoms with Gasteiger partial charge in [-0.15, -0.1) is 15.3 Å². The largest absolute Gasteiger partial charge is 0.308 e. The number of nitrogens with zero attached hydrogens (tertiary/aromatic N) is 6. The van der Waals surface area contributed by atoms with Crippen molar-refractivity contribution in [3.63, 3.8) is 0 Å². The summed E-state index contributed by atoms with van der Waals surface area (Å²) < 4.78 is 30.1. The molecule has 0 aliphatic heterocycles. The van der Waals surface area contributed by atoms with Crippen molar-refractivity contribution < 1.29 is 8.78 Å². The lowest BCUT2D eigenvalue weighted by Gasteiger charge is -2.10. The minimum absolute atomic E-state index is 0.255. The summed E-state index contributed by atoms with van der Waals surface area (Å²) in [4.78, 5) is 4.17. The molecule has 0 aliphatic carbocycles. The summed E-state index contributed by atoms with van der Waals surface area (Å²) in [5.41, 5.74) is 3.82. The highest BCUT2D eigenvalue weighted by Gasteiger charge is 2.36. The number of tetrazole rings is 1. The Hall–Kier alpha value is -3.49. The van der Waals surface area contributed by atoms with Gasteiger partial charge < -0.3 is 0 Å². The fraction of sp³-hybridized carbons (Fsp3) is 0.318. The van der Waals surface area contributed by atoms with E-state index in [2.05, 4.69) is 30.7 Å². The number of aryl methyl sites for hydroxylation is 1. The van der Waals surface area contributed by atoms with Crippen LogP contribution in [0, 0.1) is 0 Å². The predicted octanol–water partition coefficient (Wildman–Crippen LogP) is 4.63. The number of aromatic amines is 1. The molecule has 0 bridgehead atoms. The molecule has 0 unspecified atom stereocenters. The van der Waals surface area contributed by atoms with E-state index >= 15 is 0 Å². The second-order valence-electron chi connectivity index (χ2n) is 7.28. The van der Waals surface area contributed by atoms with E-state index in [4.69, 9.17) is 0 Å². The second-order valence-corrected chi connectivity index (χ2v) is 7.28. The number of hydrogen-bond acceptors (Lipinski definition) is 5. The van der Waals surface area contributed by atoms with Gasteiger partial charge >= 0.3 is 5.92 Å². The van der Waals surface area contributed by atoms with E-state index < -0.39 is 11.7 Å². The number of hydrogen-bond donors (Lipinski definition) is 1. The van der Waals surface area contributed by atoms with E-state index in [0.717, 1.165) is 22.3 Å². The fourth-order valence-corrected chi connectivity index (χ4v) is 3.53. The minimum Gasteiger partial charge on any atom is -0.250 e. The first kappa shape index (κ1) is 20.8. The van der Waals surface area contributed by atoms with Gasteiger partial charge in [-0.3, -0.25) is 0 Å². The monoisotopic (exact) mass is 423 g/mol. The lowest BCUT2D eigenvalue weighted by atomic mass is 9.98. The Bertz CT molecular complexity index is 1140. The molecule has 9 heteroatoms. The summed E-state index contributed by atoms with van der Waals surface area (Å²) in [6, 6.07) is 15.7. The van der Waals surface area contributed by atoms with Crippen LogP contribution in [0.2, 0.25) is 0 Å². The molecule has 4 rings (SSSR count). The molecule has 2 heterocycles. The Labute approximate surface area is 178 Å². The molecule has 0 saturated heterocycles. The van der Waals surface area contributed by atoms with Crippen LogP contribution >= 0.6 is 0 Å². The number of benzene rings is 2. The average Bonchev–Trinajstić information content (AvgIpc) is 3.45. The first-order valence-electron chi connectivity index (χ1n) is 10.3. The molecule has 2 aromatic carbocycles. The number of nitrogens with one attached hydrogen (secondary N) is 1. The summed E-state index contributed by atoms with van der Waals surface area (Å²) in [5, 5.41) is 18.3. The molecular weight excluding hydrogens is 400 g/mol. The molecule has 0 atom stereocenters. The second kappa shape index (κ2) is 8.71. The smallest absolute Gasteiger partial charge is 0.250 e. The maximum Gasteiger partial charge on any atom is 0.308 e. The molecule has 4 aromatic rings. The van der Waals surface area contributed by atoms with E-state index in [9.17, 15) is 8.78 Å². The predicted molar refractivity (Wildman–Crippen MR) is 112 cm³/mol. The molecular formula is C22H23F2N7. The standard InChI is InChI=1S/C22H23F2N7/c1-3-13-22(23,24)21-25-19(31(4-2)28-21)14-15-9-11-16(12-10-15)17-7-5-6-8-18(17)20-26-29-30-27-20/h5-12H,3-4,13-14H2,1-2H3,(H,26,27,29,30). The number of H-pyrrole nitrogens is 1. The SMILES string of the molecule is CCCC(F)(F)c1nc(Cc2ccc(-c3ccccc3-c3nn[nH]n3)cc2)n(CC)n1. The Morgan fingerprint density at radius 3 is 2.39 bits per heavy atom. The number of halogens is 2. The molecule has 1 N–H and O–H groups in total. The first-order valence-corrected chi connectivity index (χ1v) is 10.3. The third-order valence-electron chi connectivity index (χ3n) is 5.08. The fourth-order valence-electron chi connectivity index (χ4n) is 3.53. The Morgan fingerprint density at radius 1 is 1.00 bits per heavy atom. The zero-order valence-corrected chi connectivity index (χ0v) is 17.4. The molecule has 0 amide bonds. The lowest BCUT2D eigenvalue weighted by molar-refractivity contribution is -0.0232. The van der Waals surface area contributed by atoms with Crippen molar-refractivity contribution >= 4 is 0 Å². The van der Waals surface area contributed by atoms with Gasteiger partial charge in [0.05, 0.1) is 0 Å². The third kappa shape index (κ3) is 4.35. The lowest BCUT2D eigenvalue weighted by Crippen LogP contribution is -2.15. The van der Waals surface area contributed by atoms with E-state index in [1.165, 1.54) is 0 Å². The van der Waals surface area contributed by atoms with Gasteiger partial charge in [-0.25, -0.2) is 9.67 Å². The van der Waals surface area contributed by atoms with Crippen molar-refractivity contribution in [1.29, 1.82) is 0 Å². The third-order valence-corrected chi connectivity index (χ3v) is 5.08. The molecule has 0 radical (unpaired) electrons. The summed E-state index contributed by atoms with van der Waals surface area (Å²) in [6.07, 6.45) is 0.542. The molecule has 0 aliphatic rings. The maximum atomic E-state index is 14.3. The van der Waals surface area contributed by atoms with Gasteiger partial charge in [0.15, 0.2) is 0 Å². The van der Waals surface area contributed by atoms with Crippen LogP contribution in [0.25, 0.3) is 22.5 Å².